The summed E-state index contributed by atoms with van der Waals surface area (Å²) in [5.74, 6) is -1.22. The van der Waals surface area contributed by atoms with Crippen LogP contribution in [0.3, 0.4) is 0 Å². The molecule has 1 rings (SSSR count). The SMILES string of the molecule is CC(C)Cc1ccc(C(C)C(=O)O)cc1.CCCCCCCC/C=C\CCCCCCCC(=O)O. The number of carbonyl (C=O) groups is 2. The van der Waals surface area contributed by atoms with Crippen molar-refractivity contribution in [2.45, 2.75) is 130 Å². The van der Waals surface area contributed by atoms with E-state index in [1.54, 1.807) is 6.92 Å². The molecule has 1 aromatic rings. The molecule has 0 bridgehead atoms. The Balaban J connectivity index is 0.000000686. The van der Waals surface area contributed by atoms with Crippen LogP contribution in [0.1, 0.15) is 135 Å². The molecule has 0 fully saturated rings. The lowest BCUT2D eigenvalue weighted by Gasteiger charge is -2.09. The van der Waals surface area contributed by atoms with E-state index in [1.807, 2.05) is 24.3 Å². The van der Waals surface area contributed by atoms with Crippen LogP contribution in [0.4, 0.5) is 0 Å². The standard InChI is InChI=1S/C18H34O2.C13H18O2/c1-2-3-4-5-6-7-8-9-10-11-12-13-14-15-16-17-18(19)20;1-9(2)8-11-4-6-12(7-5-11)10(3)13(14)15/h9-10H,2-8,11-17H2,1H3,(H,19,20);4-7,9-10H,8H2,1-3H3,(H,14,15)/b10-9-;. The summed E-state index contributed by atoms with van der Waals surface area (Å²) in [4.78, 5) is 21.1. The first kappa shape index (κ1) is 32.9. The van der Waals surface area contributed by atoms with Crippen molar-refractivity contribution in [3.63, 3.8) is 0 Å². The quantitative estimate of drug-likeness (QED) is 0.150. The molecule has 0 heterocycles. The summed E-state index contributed by atoms with van der Waals surface area (Å²) < 4.78 is 0. The van der Waals surface area contributed by atoms with Crippen molar-refractivity contribution in [2.75, 3.05) is 0 Å². The van der Waals surface area contributed by atoms with E-state index < -0.39 is 17.9 Å². The highest BCUT2D eigenvalue weighted by atomic mass is 16.4. The first-order valence-corrected chi connectivity index (χ1v) is 14.0. The molecule has 4 heteroatoms. The van der Waals surface area contributed by atoms with Crippen LogP contribution in [0.15, 0.2) is 36.4 Å². The minimum Gasteiger partial charge on any atom is -0.481 e. The second kappa shape index (κ2) is 22.4. The van der Waals surface area contributed by atoms with E-state index in [-0.39, 0.29) is 0 Å². The molecule has 0 aliphatic heterocycles. The molecule has 35 heavy (non-hydrogen) atoms. The number of rotatable bonds is 19. The van der Waals surface area contributed by atoms with Crippen LogP contribution in [0, 0.1) is 5.92 Å². The van der Waals surface area contributed by atoms with E-state index in [2.05, 4.69) is 32.9 Å². The van der Waals surface area contributed by atoms with Gasteiger partial charge in [-0.05, 0) is 62.5 Å². The summed E-state index contributed by atoms with van der Waals surface area (Å²) >= 11 is 0. The maximum atomic E-state index is 10.8. The van der Waals surface area contributed by atoms with Crippen molar-refractivity contribution < 1.29 is 19.8 Å². The van der Waals surface area contributed by atoms with Crippen molar-refractivity contribution in [1.82, 2.24) is 0 Å². The van der Waals surface area contributed by atoms with Crippen molar-refractivity contribution >= 4 is 11.9 Å². The molecule has 0 amide bonds. The fourth-order valence-electron chi connectivity index (χ4n) is 3.90. The molecular weight excluding hydrogens is 436 g/mol. The zero-order valence-corrected chi connectivity index (χ0v) is 22.9. The van der Waals surface area contributed by atoms with Gasteiger partial charge >= 0.3 is 11.9 Å². The third-order valence-corrected chi connectivity index (χ3v) is 6.15. The Hall–Kier alpha value is -2.10. The highest BCUT2D eigenvalue weighted by molar-refractivity contribution is 5.75. The van der Waals surface area contributed by atoms with E-state index in [1.165, 1.54) is 76.2 Å². The maximum Gasteiger partial charge on any atom is 0.310 e. The number of carboxylic acids is 2. The molecule has 0 aliphatic carbocycles. The van der Waals surface area contributed by atoms with Gasteiger partial charge in [-0.1, -0.05) is 109 Å². The molecule has 0 spiro atoms. The van der Waals surface area contributed by atoms with Gasteiger partial charge in [-0.15, -0.1) is 0 Å². The molecule has 0 aliphatic rings. The van der Waals surface area contributed by atoms with Crippen LogP contribution in [0.5, 0.6) is 0 Å². The summed E-state index contributed by atoms with van der Waals surface area (Å²) in [7, 11) is 0. The van der Waals surface area contributed by atoms with E-state index in [0.717, 1.165) is 24.8 Å². The summed E-state index contributed by atoms with van der Waals surface area (Å²) in [6.45, 7) is 8.32. The summed E-state index contributed by atoms with van der Waals surface area (Å²) in [5.41, 5.74) is 2.14. The van der Waals surface area contributed by atoms with E-state index in [4.69, 9.17) is 10.2 Å². The van der Waals surface area contributed by atoms with Gasteiger partial charge in [0.05, 0.1) is 5.92 Å². The zero-order valence-electron chi connectivity index (χ0n) is 22.9. The zero-order chi connectivity index (χ0) is 26.3. The summed E-state index contributed by atoms with van der Waals surface area (Å²) in [6, 6.07) is 7.87. The fraction of sp³-hybridized carbons (Fsp3) is 0.677. The normalized spacial score (nSPS) is 11.9. The van der Waals surface area contributed by atoms with Crippen LogP contribution >= 0.6 is 0 Å². The molecular formula is C31H52O4. The van der Waals surface area contributed by atoms with E-state index >= 15 is 0 Å². The Bertz CT molecular complexity index is 676. The molecule has 0 saturated heterocycles. The Kier molecular flexibility index (Phi) is 21.0. The number of allylic oxidation sites excluding steroid dienone is 2. The molecule has 0 saturated carbocycles. The summed E-state index contributed by atoms with van der Waals surface area (Å²) in [6.07, 6.45) is 22.3. The number of aliphatic carboxylic acids is 2. The monoisotopic (exact) mass is 488 g/mol. The smallest absolute Gasteiger partial charge is 0.310 e. The average Bonchev–Trinajstić information content (AvgIpc) is 2.81. The van der Waals surface area contributed by atoms with Crippen LogP contribution < -0.4 is 0 Å². The molecule has 0 radical (unpaired) electrons. The lowest BCUT2D eigenvalue weighted by Crippen LogP contribution is -2.07. The summed E-state index contributed by atoms with van der Waals surface area (Å²) in [5, 5.41) is 17.4. The Morgan fingerprint density at radius 2 is 1.23 bits per heavy atom. The van der Waals surface area contributed by atoms with Crippen molar-refractivity contribution in [2.24, 2.45) is 5.92 Å². The van der Waals surface area contributed by atoms with Gasteiger partial charge in [0.25, 0.3) is 0 Å². The van der Waals surface area contributed by atoms with E-state index in [9.17, 15) is 9.59 Å². The number of unbranched alkanes of at least 4 members (excludes halogenated alkanes) is 11. The lowest BCUT2D eigenvalue weighted by molar-refractivity contribution is -0.138. The fourth-order valence-corrected chi connectivity index (χ4v) is 3.90. The lowest BCUT2D eigenvalue weighted by atomic mass is 9.97. The second-order valence-corrected chi connectivity index (χ2v) is 10.1. The van der Waals surface area contributed by atoms with Crippen molar-refractivity contribution in [3.05, 3.63) is 47.5 Å². The molecule has 1 atom stereocenters. The predicted molar refractivity (Wildman–Crippen MR) is 148 cm³/mol. The first-order valence-electron chi connectivity index (χ1n) is 14.0. The third kappa shape index (κ3) is 20.9. The van der Waals surface area contributed by atoms with Crippen LogP contribution in [-0.2, 0) is 16.0 Å². The van der Waals surface area contributed by atoms with Gasteiger partial charge in [0, 0.05) is 6.42 Å². The Morgan fingerprint density at radius 3 is 1.69 bits per heavy atom. The number of benzene rings is 1. The highest BCUT2D eigenvalue weighted by Crippen LogP contribution is 2.17. The third-order valence-electron chi connectivity index (χ3n) is 6.15. The van der Waals surface area contributed by atoms with Crippen LogP contribution in [0.2, 0.25) is 0 Å². The number of hydrogen-bond acceptors (Lipinski definition) is 2. The molecule has 2 N–H and O–H groups in total. The van der Waals surface area contributed by atoms with Crippen LogP contribution in [0.25, 0.3) is 0 Å². The molecule has 1 unspecified atom stereocenters. The van der Waals surface area contributed by atoms with Gasteiger partial charge in [-0.2, -0.15) is 0 Å². The van der Waals surface area contributed by atoms with Gasteiger partial charge in [0.2, 0.25) is 0 Å². The second-order valence-electron chi connectivity index (χ2n) is 10.1. The minimum atomic E-state index is -0.772. The topological polar surface area (TPSA) is 74.6 Å². The van der Waals surface area contributed by atoms with Crippen LogP contribution in [-0.4, -0.2) is 22.2 Å². The average molecular weight is 489 g/mol. The number of hydrogen-bond donors (Lipinski definition) is 2. The first-order chi connectivity index (χ1) is 16.8. The van der Waals surface area contributed by atoms with Crippen molar-refractivity contribution in [1.29, 1.82) is 0 Å². The van der Waals surface area contributed by atoms with E-state index in [0.29, 0.717) is 12.3 Å². The molecule has 0 aromatic heterocycles. The van der Waals surface area contributed by atoms with Gasteiger partial charge in [0.1, 0.15) is 0 Å². The predicted octanol–water partition coefficient (Wildman–Crippen LogP) is 9.18. The van der Waals surface area contributed by atoms with Crippen molar-refractivity contribution in [3.8, 4) is 0 Å². The minimum absolute atomic E-state index is 0.332. The van der Waals surface area contributed by atoms with Gasteiger partial charge < -0.3 is 10.2 Å². The number of carboxylic acid groups (broad SMARTS) is 2. The largest absolute Gasteiger partial charge is 0.481 e. The van der Waals surface area contributed by atoms with Gasteiger partial charge in [0.15, 0.2) is 0 Å². The highest BCUT2D eigenvalue weighted by Gasteiger charge is 2.12. The Labute approximate surface area is 215 Å². The Morgan fingerprint density at radius 1 is 0.743 bits per heavy atom. The molecule has 200 valence electrons. The molecule has 4 nitrogen and oxygen atoms in total. The molecule has 1 aromatic carbocycles. The van der Waals surface area contributed by atoms with Gasteiger partial charge in [-0.25, -0.2) is 0 Å². The van der Waals surface area contributed by atoms with Gasteiger partial charge in [-0.3, -0.25) is 9.59 Å². The maximum absolute atomic E-state index is 10.8.